The molecule has 0 bridgehead atoms. The van der Waals surface area contributed by atoms with Crippen LogP contribution < -0.4 is 0 Å². The number of alkyl halides is 1. The molecule has 0 N–H and O–H groups in total. The predicted octanol–water partition coefficient (Wildman–Crippen LogP) is 4.90. The van der Waals surface area contributed by atoms with Gasteiger partial charge in [-0.25, -0.2) is 13.2 Å². The minimum atomic E-state index is -1.18. The minimum absolute atomic E-state index is 0.0829. The molecule has 1 unspecified atom stereocenters. The SMILES string of the molecule is Cc1cccc(C(Br)c2cc(F)c(F)cc2F)c1. The maximum atomic E-state index is 13.6. The van der Waals surface area contributed by atoms with E-state index < -0.39 is 22.3 Å². The topological polar surface area (TPSA) is 0 Å². The Morgan fingerprint density at radius 2 is 1.61 bits per heavy atom. The largest absolute Gasteiger partial charge is 0.207 e. The molecular weight excluding hydrogens is 305 g/mol. The van der Waals surface area contributed by atoms with Crippen molar-refractivity contribution in [1.29, 1.82) is 0 Å². The summed E-state index contributed by atoms with van der Waals surface area (Å²) in [7, 11) is 0. The molecule has 0 radical (unpaired) electrons. The quantitative estimate of drug-likeness (QED) is 0.546. The van der Waals surface area contributed by atoms with Crippen LogP contribution in [-0.2, 0) is 0 Å². The van der Waals surface area contributed by atoms with E-state index >= 15 is 0 Å². The molecule has 2 rings (SSSR count). The van der Waals surface area contributed by atoms with Crippen molar-refractivity contribution < 1.29 is 13.2 Å². The Bertz CT molecular complexity index is 581. The van der Waals surface area contributed by atoms with Gasteiger partial charge in [0.1, 0.15) is 5.82 Å². The fraction of sp³-hybridized carbons (Fsp3) is 0.143. The highest BCUT2D eigenvalue weighted by molar-refractivity contribution is 9.09. The number of rotatable bonds is 2. The highest BCUT2D eigenvalue weighted by atomic mass is 79.9. The van der Waals surface area contributed by atoms with Crippen LogP contribution in [0.3, 0.4) is 0 Å². The molecule has 1 atom stereocenters. The minimum Gasteiger partial charge on any atom is -0.207 e. The molecule has 94 valence electrons. The second-order valence-electron chi connectivity index (χ2n) is 4.06. The second-order valence-corrected chi connectivity index (χ2v) is 4.98. The van der Waals surface area contributed by atoms with E-state index in [1.54, 1.807) is 6.07 Å². The van der Waals surface area contributed by atoms with E-state index in [4.69, 9.17) is 0 Å². The second kappa shape index (κ2) is 5.14. The van der Waals surface area contributed by atoms with Crippen molar-refractivity contribution in [2.24, 2.45) is 0 Å². The van der Waals surface area contributed by atoms with Crippen molar-refractivity contribution in [2.75, 3.05) is 0 Å². The summed E-state index contributed by atoms with van der Waals surface area (Å²) in [5.41, 5.74) is 1.89. The molecule has 18 heavy (non-hydrogen) atoms. The van der Waals surface area contributed by atoms with Gasteiger partial charge < -0.3 is 0 Å². The van der Waals surface area contributed by atoms with Gasteiger partial charge in [0.15, 0.2) is 11.6 Å². The lowest BCUT2D eigenvalue weighted by Gasteiger charge is -2.12. The van der Waals surface area contributed by atoms with Gasteiger partial charge in [0.2, 0.25) is 0 Å². The smallest absolute Gasteiger partial charge is 0.161 e. The molecule has 0 fully saturated rings. The summed E-state index contributed by atoms with van der Waals surface area (Å²) in [6.07, 6.45) is 0. The van der Waals surface area contributed by atoms with Gasteiger partial charge in [0.25, 0.3) is 0 Å². The third kappa shape index (κ3) is 2.58. The molecule has 0 saturated carbocycles. The van der Waals surface area contributed by atoms with Crippen LogP contribution in [0.15, 0.2) is 36.4 Å². The van der Waals surface area contributed by atoms with Crippen LogP contribution in [0.2, 0.25) is 0 Å². The molecule has 0 heterocycles. The Morgan fingerprint density at radius 3 is 2.28 bits per heavy atom. The van der Waals surface area contributed by atoms with Crippen molar-refractivity contribution in [3.05, 3.63) is 70.5 Å². The van der Waals surface area contributed by atoms with Gasteiger partial charge >= 0.3 is 0 Å². The number of benzene rings is 2. The lowest BCUT2D eigenvalue weighted by atomic mass is 10.0. The highest BCUT2D eigenvalue weighted by Gasteiger charge is 2.18. The van der Waals surface area contributed by atoms with Crippen molar-refractivity contribution in [2.45, 2.75) is 11.8 Å². The standard InChI is InChI=1S/C14H10BrF3/c1-8-3-2-4-9(5-8)14(15)10-6-12(17)13(18)7-11(10)16/h2-7,14H,1H3. The zero-order chi connectivity index (χ0) is 13.3. The van der Waals surface area contributed by atoms with Gasteiger partial charge in [0.05, 0.1) is 4.83 Å². The lowest BCUT2D eigenvalue weighted by Crippen LogP contribution is -2.00. The van der Waals surface area contributed by atoms with Crippen molar-refractivity contribution in [1.82, 2.24) is 0 Å². The van der Waals surface area contributed by atoms with Crippen LogP contribution >= 0.6 is 15.9 Å². The summed E-state index contributed by atoms with van der Waals surface area (Å²) in [5.74, 6) is -3.00. The lowest BCUT2D eigenvalue weighted by molar-refractivity contribution is 0.491. The van der Waals surface area contributed by atoms with Crippen molar-refractivity contribution >= 4 is 15.9 Å². The first kappa shape index (κ1) is 13.1. The number of halogens is 4. The predicted molar refractivity (Wildman–Crippen MR) is 68.3 cm³/mol. The summed E-state index contributed by atoms with van der Waals surface area (Å²) in [6, 6.07) is 8.84. The third-order valence-corrected chi connectivity index (χ3v) is 3.67. The Morgan fingerprint density at radius 1 is 0.944 bits per heavy atom. The van der Waals surface area contributed by atoms with Gasteiger partial charge in [-0.1, -0.05) is 45.8 Å². The van der Waals surface area contributed by atoms with E-state index in [0.29, 0.717) is 6.07 Å². The first-order valence-electron chi connectivity index (χ1n) is 5.34. The normalized spacial score (nSPS) is 12.5. The fourth-order valence-corrected chi connectivity index (χ4v) is 2.38. The van der Waals surface area contributed by atoms with E-state index in [1.165, 1.54) is 0 Å². The van der Waals surface area contributed by atoms with Gasteiger partial charge in [-0.2, -0.15) is 0 Å². The molecule has 0 amide bonds. The first-order valence-corrected chi connectivity index (χ1v) is 6.25. The van der Waals surface area contributed by atoms with Crippen LogP contribution in [0.5, 0.6) is 0 Å². The summed E-state index contributed by atoms with van der Waals surface area (Å²) >= 11 is 3.31. The van der Waals surface area contributed by atoms with Gasteiger partial charge in [-0.05, 0) is 18.6 Å². The molecular formula is C14H10BrF3. The molecule has 0 nitrogen and oxygen atoms in total. The average molecular weight is 315 g/mol. The Kier molecular flexibility index (Phi) is 3.76. The van der Waals surface area contributed by atoms with Crippen LogP contribution in [0, 0.1) is 24.4 Å². The van der Waals surface area contributed by atoms with E-state index in [0.717, 1.165) is 17.2 Å². The van der Waals surface area contributed by atoms with E-state index in [1.807, 2.05) is 25.1 Å². The maximum absolute atomic E-state index is 13.6. The van der Waals surface area contributed by atoms with Crippen LogP contribution in [0.1, 0.15) is 21.5 Å². The third-order valence-electron chi connectivity index (χ3n) is 2.65. The van der Waals surface area contributed by atoms with Crippen LogP contribution in [-0.4, -0.2) is 0 Å². The average Bonchev–Trinajstić information content (AvgIpc) is 2.33. The maximum Gasteiger partial charge on any atom is 0.161 e. The molecule has 0 spiro atoms. The Labute approximate surface area is 112 Å². The zero-order valence-corrected chi connectivity index (χ0v) is 11.1. The summed E-state index contributed by atoms with van der Waals surface area (Å²) in [4.78, 5) is -0.507. The Balaban J connectivity index is 2.46. The van der Waals surface area contributed by atoms with E-state index in [2.05, 4.69) is 15.9 Å². The molecule has 0 saturated heterocycles. The fourth-order valence-electron chi connectivity index (χ4n) is 1.74. The van der Waals surface area contributed by atoms with Crippen LogP contribution in [0.4, 0.5) is 13.2 Å². The highest BCUT2D eigenvalue weighted by Crippen LogP contribution is 2.33. The summed E-state index contributed by atoms with van der Waals surface area (Å²) in [5, 5.41) is 0. The molecule has 0 aliphatic carbocycles. The molecule has 4 heteroatoms. The van der Waals surface area contributed by atoms with E-state index in [-0.39, 0.29) is 5.56 Å². The summed E-state index contributed by atoms with van der Waals surface area (Å²) in [6.45, 7) is 1.91. The van der Waals surface area contributed by atoms with Gasteiger partial charge in [-0.3, -0.25) is 0 Å². The monoisotopic (exact) mass is 314 g/mol. The molecule has 0 aromatic heterocycles. The van der Waals surface area contributed by atoms with Crippen molar-refractivity contribution in [3.8, 4) is 0 Å². The van der Waals surface area contributed by atoms with Crippen molar-refractivity contribution in [3.63, 3.8) is 0 Å². The Hall–Kier alpha value is -1.29. The molecule has 0 aliphatic heterocycles. The number of hydrogen-bond donors (Lipinski definition) is 0. The zero-order valence-electron chi connectivity index (χ0n) is 9.55. The van der Waals surface area contributed by atoms with Gasteiger partial charge in [0, 0.05) is 11.6 Å². The first-order chi connectivity index (χ1) is 8.49. The van der Waals surface area contributed by atoms with Crippen LogP contribution in [0.25, 0.3) is 0 Å². The molecule has 2 aromatic carbocycles. The number of hydrogen-bond acceptors (Lipinski definition) is 0. The number of aryl methyl sites for hydroxylation is 1. The van der Waals surface area contributed by atoms with E-state index in [9.17, 15) is 13.2 Å². The summed E-state index contributed by atoms with van der Waals surface area (Å²) < 4.78 is 39.6. The van der Waals surface area contributed by atoms with Gasteiger partial charge in [-0.15, -0.1) is 0 Å². The molecule has 0 aliphatic rings. The molecule has 2 aromatic rings.